The van der Waals surface area contributed by atoms with Crippen LogP contribution in [-0.2, 0) is 13.5 Å². The van der Waals surface area contributed by atoms with Gasteiger partial charge >= 0.3 is 0 Å². The second kappa shape index (κ2) is 6.90. The fourth-order valence-electron chi connectivity index (χ4n) is 3.28. The standard InChI is InChI=1S/C20H22FN3O3/c1-5-13-10-15-16(18(27-11(2)3)17(19(22)25)23(15)4)20(26)24(13)14-8-6-12(21)7-9-14/h6-11H,5H2,1-4H3,(H2,22,25). The van der Waals surface area contributed by atoms with E-state index < -0.39 is 5.91 Å². The average Bonchev–Trinajstić information content (AvgIpc) is 2.87. The smallest absolute Gasteiger partial charge is 0.269 e. The second-order valence-electron chi connectivity index (χ2n) is 6.63. The molecule has 0 fully saturated rings. The number of nitrogens with zero attached hydrogens (tertiary/aromatic N) is 2. The predicted octanol–water partition coefficient (Wildman–Crippen LogP) is 2.92. The van der Waals surface area contributed by atoms with Crippen LogP contribution in [0, 0.1) is 5.82 Å². The van der Waals surface area contributed by atoms with Gasteiger partial charge in [0.25, 0.3) is 11.5 Å². The zero-order valence-electron chi connectivity index (χ0n) is 15.7. The molecule has 6 nitrogen and oxygen atoms in total. The van der Waals surface area contributed by atoms with Crippen LogP contribution in [0.4, 0.5) is 4.39 Å². The molecule has 0 atom stereocenters. The zero-order valence-corrected chi connectivity index (χ0v) is 15.7. The van der Waals surface area contributed by atoms with Crippen LogP contribution < -0.4 is 16.0 Å². The summed E-state index contributed by atoms with van der Waals surface area (Å²) in [6, 6.07) is 7.53. The maximum absolute atomic E-state index is 13.4. The molecule has 27 heavy (non-hydrogen) atoms. The summed E-state index contributed by atoms with van der Waals surface area (Å²) >= 11 is 0. The summed E-state index contributed by atoms with van der Waals surface area (Å²) in [6.45, 7) is 5.54. The van der Waals surface area contributed by atoms with Crippen LogP contribution in [-0.4, -0.2) is 21.1 Å². The number of rotatable bonds is 5. The Morgan fingerprint density at radius 2 is 1.89 bits per heavy atom. The van der Waals surface area contributed by atoms with Gasteiger partial charge in [-0.3, -0.25) is 14.2 Å². The van der Waals surface area contributed by atoms with Gasteiger partial charge in [0, 0.05) is 18.4 Å². The lowest BCUT2D eigenvalue weighted by Crippen LogP contribution is -2.22. The van der Waals surface area contributed by atoms with E-state index in [9.17, 15) is 14.0 Å². The first-order valence-electron chi connectivity index (χ1n) is 8.76. The van der Waals surface area contributed by atoms with Crippen molar-refractivity contribution in [2.24, 2.45) is 12.8 Å². The minimum atomic E-state index is -0.671. The van der Waals surface area contributed by atoms with Crippen molar-refractivity contribution in [3.63, 3.8) is 0 Å². The summed E-state index contributed by atoms with van der Waals surface area (Å²) in [6.07, 6.45) is 0.318. The summed E-state index contributed by atoms with van der Waals surface area (Å²) in [4.78, 5) is 25.4. The van der Waals surface area contributed by atoms with Crippen molar-refractivity contribution in [2.45, 2.75) is 33.3 Å². The minimum Gasteiger partial charge on any atom is -0.488 e. The molecule has 0 unspecified atom stereocenters. The molecule has 0 aliphatic rings. The number of halogens is 1. The van der Waals surface area contributed by atoms with E-state index in [2.05, 4.69) is 0 Å². The molecule has 2 N–H and O–H groups in total. The maximum Gasteiger partial charge on any atom is 0.269 e. The molecule has 0 bridgehead atoms. The van der Waals surface area contributed by atoms with E-state index in [1.54, 1.807) is 23.7 Å². The quantitative estimate of drug-likeness (QED) is 0.749. The molecule has 2 heterocycles. The molecule has 0 aliphatic carbocycles. The van der Waals surface area contributed by atoms with Crippen LogP contribution in [0.15, 0.2) is 35.1 Å². The Bertz CT molecular complexity index is 1080. The largest absolute Gasteiger partial charge is 0.488 e. The van der Waals surface area contributed by atoms with Gasteiger partial charge in [0.15, 0.2) is 11.4 Å². The van der Waals surface area contributed by atoms with Gasteiger partial charge in [-0.25, -0.2) is 4.39 Å². The molecule has 2 aromatic heterocycles. The Morgan fingerprint density at radius 3 is 2.41 bits per heavy atom. The maximum atomic E-state index is 13.4. The highest BCUT2D eigenvalue weighted by Gasteiger charge is 2.26. The van der Waals surface area contributed by atoms with Crippen molar-refractivity contribution in [1.29, 1.82) is 0 Å². The van der Waals surface area contributed by atoms with E-state index in [1.807, 2.05) is 26.8 Å². The number of aryl methyl sites for hydroxylation is 2. The molecule has 7 heteroatoms. The molecule has 1 amide bonds. The van der Waals surface area contributed by atoms with E-state index >= 15 is 0 Å². The summed E-state index contributed by atoms with van der Waals surface area (Å²) in [5, 5.41) is 0.279. The van der Waals surface area contributed by atoms with Crippen molar-refractivity contribution in [3.8, 4) is 11.4 Å². The molecule has 0 saturated heterocycles. The Morgan fingerprint density at radius 1 is 1.26 bits per heavy atom. The normalized spacial score (nSPS) is 11.3. The van der Waals surface area contributed by atoms with Gasteiger partial charge < -0.3 is 15.0 Å². The Kier molecular flexibility index (Phi) is 4.78. The van der Waals surface area contributed by atoms with Crippen LogP contribution in [0.2, 0.25) is 0 Å². The number of carbonyl (C=O) groups is 1. The van der Waals surface area contributed by atoms with Crippen molar-refractivity contribution in [3.05, 3.63) is 57.9 Å². The Balaban J connectivity index is 2.45. The van der Waals surface area contributed by atoms with Crippen molar-refractivity contribution < 1.29 is 13.9 Å². The third kappa shape index (κ3) is 3.09. The summed E-state index contributed by atoms with van der Waals surface area (Å²) in [7, 11) is 1.68. The number of aromatic nitrogens is 2. The monoisotopic (exact) mass is 371 g/mol. The van der Waals surface area contributed by atoms with Gasteiger partial charge in [0.2, 0.25) is 0 Å². The van der Waals surface area contributed by atoms with Crippen LogP contribution in [0.5, 0.6) is 5.75 Å². The average molecular weight is 371 g/mol. The summed E-state index contributed by atoms with van der Waals surface area (Å²) < 4.78 is 22.2. The summed E-state index contributed by atoms with van der Waals surface area (Å²) in [5.74, 6) is -0.876. The second-order valence-corrected chi connectivity index (χ2v) is 6.63. The number of amides is 1. The van der Waals surface area contributed by atoms with Crippen molar-refractivity contribution >= 4 is 16.8 Å². The highest BCUT2D eigenvalue weighted by atomic mass is 19.1. The lowest BCUT2D eigenvalue weighted by molar-refractivity contribution is 0.0987. The molecule has 3 rings (SSSR count). The van der Waals surface area contributed by atoms with Crippen molar-refractivity contribution in [1.82, 2.24) is 9.13 Å². The number of fused-ring (bicyclic) bond motifs is 1. The highest BCUT2D eigenvalue weighted by Crippen LogP contribution is 2.32. The molecule has 0 radical (unpaired) electrons. The van der Waals surface area contributed by atoms with Crippen LogP contribution in [0.25, 0.3) is 16.6 Å². The number of carbonyl (C=O) groups excluding carboxylic acids is 1. The van der Waals surface area contributed by atoms with E-state index in [1.165, 1.54) is 16.7 Å². The molecule has 0 spiro atoms. The Labute approximate surface area is 156 Å². The first-order chi connectivity index (χ1) is 12.8. The molecule has 1 aromatic carbocycles. The number of ether oxygens (including phenoxy) is 1. The van der Waals surface area contributed by atoms with Gasteiger partial charge in [-0.1, -0.05) is 6.92 Å². The zero-order chi connectivity index (χ0) is 19.9. The number of pyridine rings is 1. The molecule has 142 valence electrons. The number of primary amides is 1. The third-order valence-corrected chi connectivity index (χ3v) is 4.44. The highest BCUT2D eigenvalue weighted by molar-refractivity contribution is 6.03. The lowest BCUT2D eigenvalue weighted by Gasteiger charge is -2.14. The summed E-state index contributed by atoms with van der Waals surface area (Å²) in [5.41, 5.74) is 7.20. The van der Waals surface area contributed by atoms with Crippen LogP contribution in [0.1, 0.15) is 37.0 Å². The molecule has 0 aliphatic heterocycles. The van der Waals surface area contributed by atoms with Gasteiger partial charge in [-0.2, -0.15) is 0 Å². The van der Waals surface area contributed by atoms with Gasteiger partial charge in [-0.05, 0) is 50.6 Å². The first-order valence-corrected chi connectivity index (χ1v) is 8.76. The molecular weight excluding hydrogens is 349 g/mol. The van der Waals surface area contributed by atoms with Crippen molar-refractivity contribution in [2.75, 3.05) is 0 Å². The number of benzene rings is 1. The number of nitrogens with two attached hydrogens (primary N) is 1. The minimum absolute atomic E-state index is 0.148. The SMILES string of the molecule is CCc1cc2c(c(OC(C)C)c(C(N)=O)n2C)c(=O)n1-c1ccc(F)cc1. The van der Waals surface area contributed by atoms with E-state index in [-0.39, 0.29) is 34.3 Å². The number of hydrogen-bond donors (Lipinski definition) is 1. The van der Waals surface area contributed by atoms with E-state index in [0.29, 0.717) is 17.6 Å². The molecule has 0 saturated carbocycles. The van der Waals surface area contributed by atoms with E-state index in [0.717, 1.165) is 5.69 Å². The van der Waals surface area contributed by atoms with Crippen LogP contribution in [0.3, 0.4) is 0 Å². The molecule has 3 aromatic rings. The lowest BCUT2D eigenvalue weighted by atomic mass is 10.2. The van der Waals surface area contributed by atoms with E-state index in [4.69, 9.17) is 10.5 Å². The third-order valence-electron chi connectivity index (χ3n) is 4.44. The predicted molar refractivity (Wildman–Crippen MR) is 102 cm³/mol. The van der Waals surface area contributed by atoms with Gasteiger partial charge in [-0.15, -0.1) is 0 Å². The van der Waals surface area contributed by atoms with Gasteiger partial charge in [0.05, 0.1) is 11.6 Å². The Hall–Kier alpha value is -3.09. The fraction of sp³-hybridized carbons (Fsp3) is 0.300. The van der Waals surface area contributed by atoms with Gasteiger partial charge in [0.1, 0.15) is 11.2 Å². The van der Waals surface area contributed by atoms with Crippen LogP contribution >= 0.6 is 0 Å². The topological polar surface area (TPSA) is 79.2 Å². The number of hydrogen-bond acceptors (Lipinski definition) is 3. The fourth-order valence-corrected chi connectivity index (χ4v) is 3.28. The molecular formula is C20H22FN3O3. The first kappa shape index (κ1) is 18.7.